The molecule has 0 saturated carbocycles. The van der Waals surface area contributed by atoms with Gasteiger partial charge in [-0.15, -0.1) is 10.2 Å². The number of carbonyl (C=O) groups is 1. The molecule has 0 saturated heterocycles. The second kappa shape index (κ2) is 7.93. The largest absolute Gasteiger partial charge is 0.401 e. The second-order valence-corrected chi connectivity index (χ2v) is 6.91. The van der Waals surface area contributed by atoms with Gasteiger partial charge in [0.25, 0.3) is 0 Å². The molecule has 8 heteroatoms. The van der Waals surface area contributed by atoms with Crippen LogP contribution in [0.15, 0.2) is 58.9 Å². The molecule has 0 amide bonds. The number of allylic oxidation sites excluding steroid dienone is 2. The first kappa shape index (κ1) is 18.5. The van der Waals surface area contributed by atoms with Gasteiger partial charge in [-0.05, 0) is 23.3 Å². The van der Waals surface area contributed by atoms with E-state index in [0.717, 1.165) is 28.1 Å². The van der Waals surface area contributed by atoms with Gasteiger partial charge in [0, 0.05) is 12.1 Å². The molecule has 7 nitrogen and oxygen atoms in total. The van der Waals surface area contributed by atoms with Crippen LogP contribution in [0.25, 0.3) is 10.8 Å². The number of nitriles is 1. The van der Waals surface area contributed by atoms with Crippen molar-refractivity contribution in [3.8, 4) is 6.07 Å². The van der Waals surface area contributed by atoms with E-state index in [1.807, 2.05) is 30.3 Å². The number of benzene rings is 2. The summed E-state index contributed by atoms with van der Waals surface area (Å²) in [6.45, 7) is 1.52. The maximum atomic E-state index is 12.1. The lowest BCUT2D eigenvalue weighted by atomic mass is 10.0. The zero-order valence-corrected chi connectivity index (χ0v) is 15.5. The fraction of sp³-hybridized carbons (Fsp3) is 0.158. The summed E-state index contributed by atoms with van der Waals surface area (Å²) in [7, 11) is 0. The number of ketones is 1. The highest BCUT2D eigenvalue weighted by Gasteiger charge is 2.16. The Morgan fingerprint density at radius 3 is 2.70 bits per heavy atom. The second-order valence-electron chi connectivity index (χ2n) is 5.97. The van der Waals surface area contributed by atoms with E-state index in [-0.39, 0.29) is 22.8 Å². The first-order valence-electron chi connectivity index (χ1n) is 8.19. The number of hydrogen-bond acceptors (Lipinski definition) is 7. The van der Waals surface area contributed by atoms with Crippen LogP contribution in [0.5, 0.6) is 0 Å². The standard InChI is InChI=1S/C19H18N6OS/c1-12(21)16(10-20)17(26)11-27-19-24-23-18(25(19)22)9-14-7-4-6-13-5-2-3-8-15(13)14/h2-8H,9,11,21-22H2,1H3/b16-12+. The Labute approximate surface area is 160 Å². The van der Waals surface area contributed by atoms with Crippen LogP contribution in [0.4, 0.5) is 0 Å². The van der Waals surface area contributed by atoms with Gasteiger partial charge >= 0.3 is 0 Å². The van der Waals surface area contributed by atoms with Crippen LogP contribution in [0.2, 0.25) is 0 Å². The minimum absolute atomic E-state index is 0.0149. The minimum Gasteiger partial charge on any atom is -0.401 e. The van der Waals surface area contributed by atoms with Gasteiger partial charge in [-0.3, -0.25) is 4.79 Å². The zero-order chi connectivity index (χ0) is 19.4. The van der Waals surface area contributed by atoms with Gasteiger partial charge in [-0.25, -0.2) is 4.68 Å². The van der Waals surface area contributed by atoms with Crippen LogP contribution in [-0.2, 0) is 11.2 Å². The van der Waals surface area contributed by atoms with E-state index in [1.54, 1.807) is 0 Å². The summed E-state index contributed by atoms with van der Waals surface area (Å²) in [6.07, 6.45) is 0.518. The summed E-state index contributed by atoms with van der Waals surface area (Å²) < 4.78 is 1.38. The van der Waals surface area contributed by atoms with Crippen LogP contribution in [-0.4, -0.2) is 26.4 Å². The Kier molecular flexibility index (Phi) is 5.43. The third kappa shape index (κ3) is 3.93. The summed E-state index contributed by atoms with van der Waals surface area (Å²) >= 11 is 1.13. The molecule has 3 aromatic rings. The highest BCUT2D eigenvalue weighted by atomic mass is 32.2. The lowest BCUT2D eigenvalue weighted by Gasteiger charge is -2.07. The Balaban J connectivity index is 1.77. The van der Waals surface area contributed by atoms with Crippen molar-refractivity contribution < 1.29 is 4.79 Å². The van der Waals surface area contributed by atoms with Crippen molar-refractivity contribution in [3.63, 3.8) is 0 Å². The van der Waals surface area contributed by atoms with Gasteiger partial charge < -0.3 is 11.6 Å². The summed E-state index contributed by atoms with van der Waals surface area (Å²) in [6, 6.07) is 16.0. The van der Waals surface area contributed by atoms with Gasteiger partial charge in [0.15, 0.2) is 11.6 Å². The molecule has 0 bridgehead atoms. The molecule has 0 spiro atoms. The van der Waals surface area contributed by atoms with Gasteiger partial charge in [0.2, 0.25) is 5.16 Å². The highest BCUT2D eigenvalue weighted by Crippen LogP contribution is 2.22. The number of hydrogen-bond donors (Lipinski definition) is 2. The molecule has 0 aliphatic carbocycles. The molecular formula is C19H18N6OS. The monoisotopic (exact) mass is 378 g/mol. The number of carbonyl (C=O) groups excluding carboxylic acids is 1. The van der Waals surface area contributed by atoms with E-state index in [0.29, 0.717) is 17.4 Å². The molecule has 4 N–H and O–H groups in total. The molecule has 27 heavy (non-hydrogen) atoms. The molecule has 1 aromatic heterocycles. The number of fused-ring (bicyclic) bond motifs is 1. The van der Waals surface area contributed by atoms with Crippen molar-refractivity contribution >= 4 is 28.3 Å². The zero-order valence-electron chi connectivity index (χ0n) is 14.7. The molecule has 3 rings (SSSR count). The topological polar surface area (TPSA) is 124 Å². The fourth-order valence-corrected chi connectivity index (χ4v) is 3.46. The first-order chi connectivity index (χ1) is 13.0. The predicted molar refractivity (Wildman–Crippen MR) is 105 cm³/mol. The van der Waals surface area contributed by atoms with Crippen molar-refractivity contribution in [2.24, 2.45) is 5.73 Å². The number of nitrogen functional groups attached to an aromatic ring is 1. The van der Waals surface area contributed by atoms with Crippen LogP contribution < -0.4 is 11.6 Å². The number of thioether (sulfide) groups is 1. The number of rotatable bonds is 6. The fourth-order valence-electron chi connectivity index (χ4n) is 2.72. The maximum absolute atomic E-state index is 12.1. The van der Waals surface area contributed by atoms with E-state index < -0.39 is 0 Å². The number of nitrogens with zero attached hydrogens (tertiary/aromatic N) is 4. The minimum atomic E-state index is -0.360. The van der Waals surface area contributed by atoms with E-state index in [2.05, 4.69) is 28.4 Å². The third-order valence-electron chi connectivity index (χ3n) is 4.08. The molecule has 2 aromatic carbocycles. The number of Topliss-reactive ketones (excluding diaryl/α,β-unsaturated/α-hetero) is 1. The van der Waals surface area contributed by atoms with Gasteiger partial charge in [-0.2, -0.15) is 5.26 Å². The van der Waals surface area contributed by atoms with Crippen molar-refractivity contribution in [3.05, 3.63) is 65.1 Å². The Morgan fingerprint density at radius 1 is 1.22 bits per heavy atom. The van der Waals surface area contributed by atoms with Crippen LogP contribution >= 0.6 is 11.8 Å². The molecule has 0 aliphatic heterocycles. The Hall–Kier alpha value is -3.31. The first-order valence-corrected chi connectivity index (χ1v) is 9.18. The van der Waals surface area contributed by atoms with E-state index in [4.69, 9.17) is 16.8 Å². The van der Waals surface area contributed by atoms with E-state index >= 15 is 0 Å². The van der Waals surface area contributed by atoms with E-state index in [1.165, 1.54) is 11.6 Å². The molecule has 0 radical (unpaired) electrons. The SMILES string of the molecule is C/C(N)=C(/C#N)C(=O)CSc1nnc(Cc2cccc3ccccc23)n1N. The molecule has 0 unspecified atom stereocenters. The van der Waals surface area contributed by atoms with Gasteiger partial charge in [0.1, 0.15) is 11.6 Å². The van der Waals surface area contributed by atoms with Crippen LogP contribution in [0.1, 0.15) is 18.3 Å². The lowest BCUT2D eigenvalue weighted by Crippen LogP contribution is -2.16. The molecule has 0 atom stereocenters. The third-order valence-corrected chi connectivity index (χ3v) is 5.02. The predicted octanol–water partition coefficient (Wildman–Crippen LogP) is 2.15. The summed E-state index contributed by atoms with van der Waals surface area (Å²) in [4.78, 5) is 12.1. The molecule has 1 heterocycles. The molecule has 136 valence electrons. The molecular weight excluding hydrogens is 360 g/mol. The van der Waals surface area contributed by atoms with Crippen molar-refractivity contribution in [2.45, 2.75) is 18.5 Å². The number of aromatic nitrogens is 3. The van der Waals surface area contributed by atoms with Crippen molar-refractivity contribution in [2.75, 3.05) is 11.6 Å². The Morgan fingerprint density at radius 2 is 1.96 bits per heavy atom. The molecule has 0 aliphatic rings. The molecule has 0 fully saturated rings. The average molecular weight is 378 g/mol. The van der Waals surface area contributed by atoms with Gasteiger partial charge in [0.05, 0.1) is 5.75 Å². The van der Waals surface area contributed by atoms with Crippen LogP contribution in [0, 0.1) is 11.3 Å². The van der Waals surface area contributed by atoms with Crippen LogP contribution in [0.3, 0.4) is 0 Å². The van der Waals surface area contributed by atoms with Crippen molar-refractivity contribution in [1.29, 1.82) is 5.26 Å². The van der Waals surface area contributed by atoms with Crippen molar-refractivity contribution in [1.82, 2.24) is 14.9 Å². The highest BCUT2D eigenvalue weighted by molar-refractivity contribution is 7.99. The maximum Gasteiger partial charge on any atom is 0.210 e. The smallest absolute Gasteiger partial charge is 0.210 e. The normalized spacial score (nSPS) is 11.9. The van der Waals surface area contributed by atoms with E-state index in [9.17, 15) is 4.79 Å². The summed E-state index contributed by atoms with van der Waals surface area (Å²) in [5, 5.41) is 19.9. The average Bonchev–Trinajstić information content (AvgIpc) is 3.00. The quantitative estimate of drug-likeness (QED) is 0.291. The Bertz CT molecular complexity index is 1070. The summed E-state index contributed by atoms with van der Waals surface area (Å²) in [5.41, 5.74) is 6.81. The number of nitrogens with two attached hydrogens (primary N) is 2. The lowest BCUT2D eigenvalue weighted by molar-refractivity contribution is -0.112. The van der Waals surface area contributed by atoms with Gasteiger partial charge in [-0.1, -0.05) is 54.2 Å². The summed E-state index contributed by atoms with van der Waals surface area (Å²) in [5.74, 6) is 6.35.